The summed E-state index contributed by atoms with van der Waals surface area (Å²) < 4.78 is 34.1. The third-order valence-corrected chi connectivity index (χ3v) is 4.73. The second kappa shape index (κ2) is 18.2. The summed E-state index contributed by atoms with van der Waals surface area (Å²) >= 11 is 0. The fourth-order valence-corrected chi connectivity index (χ4v) is 3.11. The van der Waals surface area contributed by atoms with E-state index in [2.05, 4.69) is 27.9 Å². The molecular formula is C20H45NO4S. The minimum absolute atomic E-state index is 1.24. The summed E-state index contributed by atoms with van der Waals surface area (Å²) in [7, 11) is -0.0840. The topological polar surface area (TPSA) is 77.4 Å². The largest absolute Gasteiger partial charge is 0.726 e. The van der Waals surface area contributed by atoms with Gasteiger partial charge in [-0.2, -0.15) is 0 Å². The van der Waals surface area contributed by atoms with Crippen LogP contribution in [0, 0.1) is 0 Å². The fourth-order valence-electron chi connectivity index (χ4n) is 3.11. The van der Waals surface area contributed by atoms with Gasteiger partial charge in [0.15, 0.2) is 0 Å². The summed E-state index contributed by atoms with van der Waals surface area (Å²) in [6.45, 7) is 7.34. The van der Waals surface area contributed by atoms with E-state index < -0.39 is 10.4 Å². The molecule has 0 unspecified atom stereocenters. The highest BCUT2D eigenvalue weighted by atomic mass is 32.3. The van der Waals surface area contributed by atoms with E-state index in [1.807, 2.05) is 0 Å². The molecule has 0 aromatic carbocycles. The zero-order valence-corrected chi connectivity index (χ0v) is 18.7. The summed E-state index contributed by atoms with van der Waals surface area (Å²) in [6.07, 6.45) is 20.1. The molecule has 5 nitrogen and oxygen atoms in total. The van der Waals surface area contributed by atoms with Crippen molar-refractivity contribution in [1.29, 1.82) is 0 Å². The van der Waals surface area contributed by atoms with Crippen molar-refractivity contribution in [3.05, 3.63) is 0 Å². The second-order valence-electron chi connectivity index (χ2n) is 8.05. The van der Waals surface area contributed by atoms with Gasteiger partial charge in [0.2, 0.25) is 10.4 Å². The average Bonchev–Trinajstić information content (AvgIpc) is 2.52. The first-order valence-electron chi connectivity index (χ1n) is 10.6. The van der Waals surface area contributed by atoms with Crippen LogP contribution in [0.3, 0.4) is 0 Å². The van der Waals surface area contributed by atoms with Crippen molar-refractivity contribution >= 4 is 10.4 Å². The van der Waals surface area contributed by atoms with Gasteiger partial charge in [-0.25, -0.2) is 8.42 Å². The molecular weight excluding hydrogens is 350 g/mol. The Balaban J connectivity index is 0. The van der Waals surface area contributed by atoms with Crippen molar-refractivity contribution in [2.24, 2.45) is 0 Å². The van der Waals surface area contributed by atoms with E-state index in [4.69, 9.17) is 17.5 Å². The van der Waals surface area contributed by atoms with Gasteiger partial charge in [-0.3, -0.25) is 4.55 Å². The van der Waals surface area contributed by atoms with Crippen LogP contribution in [0.15, 0.2) is 0 Å². The lowest BCUT2D eigenvalue weighted by Crippen LogP contribution is -2.41. The van der Waals surface area contributed by atoms with Gasteiger partial charge in [0, 0.05) is 0 Å². The van der Waals surface area contributed by atoms with Gasteiger partial charge in [-0.05, 0) is 25.7 Å². The van der Waals surface area contributed by atoms with Gasteiger partial charge in [-0.1, -0.05) is 78.1 Å². The van der Waals surface area contributed by atoms with Gasteiger partial charge < -0.3 is 9.04 Å². The number of unbranched alkanes of at least 4 members (excludes halogenated alkanes) is 12. The highest BCUT2D eigenvalue weighted by Gasteiger charge is 2.13. The first-order chi connectivity index (χ1) is 12.1. The normalized spacial score (nSPS) is 11.9. The molecule has 0 rings (SSSR count). The van der Waals surface area contributed by atoms with Crippen molar-refractivity contribution < 1.29 is 22.0 Å². The highest BCUT2D eigenvalue weighted by Crippen LogP contribution is 2.12. The Bertz CT molecular complexity index is 375. The molecule has 0 radical (unpaired) electrons. The number of hydrogen-bond donors (Lipinski definition) is 1. The highest BCUT2D eigenvalue weighted by molar-refractivity contribution is 7.79. The van der Waals surface area contributed by atoms with Crippen LogP contribution < -0.4 is 0 Å². The van der Waals surface area contributed by atoms with E-state index in [9.17, 15) is 0 Å². The third kappa shape index (κ3) is 31.6. The molecule has 0 aromatic heterocycles. The van der Waals surface area contributed by atoms with Crippen molar-refractivity contribution in [1.82, 2.24) is 0 Å². The predicted molar refractivity (Wildman–Crippen MR) is 110 cm³/mol. The molecule has 0 fully saturated rings. The minimum Gasteiger partial charge on any atom is -0.726 e. The summed E-state index contributed by atoms with van der Waals surface area (Å²) in [5.74, 6) is 0. The Kier molecular flexibility index (Phi) is 19.6. The SMILES string of the molecule is CCCCCCCCCCCC[N+](C)(C)CCCCCC.O=S(=O)([O-])O. The maximum atomic E-state index is 8.63. The van der Waals surface area contributed by atoms with Gasteiger partial charge in [-0.15, -0.1) is 0 Å². The van der Waals surface area contributed by atoms with Crippen molar-refractivity contribution in [2.75, 3.05) is 27.2 Å². The standard InChI is InChI=1S/C20H44N.H2O4S/c1-5-7-9-11-12-13-14-15-16-18-20-21(3,4)19-17-10-8-6-2;1-5(2,3)4/h5-20H2,1-4H3;(H2,1,2,3,4)/q+1;/p-1. The molecule has 0 aliphatic heterocycles. The van der Waals surface area contributed by atoms with E-state index in [0.717, 1.165) is 0 Å². The average molecular weight is 396 g/mol. The molecule has 0 heterocycles. The molecule has 160 valence electrons. The van der Waals surface area contributed by atoms with Crippen LogP contribution in [0.25, 0.3) is 0 Å². The number of quaternary nitrogens is 1. The lowest BCUT2D eigenvalue weighted by Gasteiger charge is -2.30. The summed E-state index contributed by atoms with van der Waals surface area (Å²) in [5.41, 5.74) is 0. The van der Waals surface area contributed by atoms with Crippen LogP contribution in [0.4, 0.5) is 0 Å². The number of hydrogen-bond acceptors (Lipinski definition) is 3. The molecule has 0 atom stereocenters. The van der Waals surface area contributed by atoms with Crippen LogP contribution in [0.2, 0.25) is 0 Å². The molecule has 0 aliphatic rings. The number of rotatable bonds is 16. The monoisotopic (exact) mass is 395 g/mol. The Morgan fingerprint density at radius 1 is 0.654 bits per heavy atom. The molecule has 0 spiro atoms. The van der Waals surface area contributed by atoms with Crippen LogP contribution in [0.1, 0.15) is 104 Å². The third-order valence-electron chi connectivity index (χ3n) is 4.73. The molecule has 0 aliphatic carbocycles. The Hall–Kier alpha value is -0.170. The lowest BCUT2D eigenvalue weighted by atomic mass is 10.1. The maximum absolute atomic E-state index is 8.63. The van der Waals surface area contributed by atoms with Gasteiger partial charge in [0.05, 0.1) is 27.2 Å². The molecule has 0 saturated heterocycles. The Labute approximate surface area is 163 Å². The Morgan fingerprint density at radius 2 is 0.885 bits per heavy atom. The van der Waals surface area contributed by atoms with Crippen molar-refractivity contribution in [3.63, 3.8) is 0 Å². The van der Waals surface area contributed by atoms with Crippen LogP contribution >= 0.6 is 0 Å². The molecule has 0 aromatic rings. The summed E-state index contributed by atoms with van der Waals surface area (Å²) in [5, 5.41) is 0. The fraction of sp³-hybridized carbons (Fsp3) is 1.00. The first-order valence-corrected chi connectivity index (χ1v) is 12.0. The van der Waals surface area contributed by atoms with Gasteiger partial charge in [0.1, 0.15) is 0 Å². The Morgan fingerprint density at radius 3 is 1.19 bits per heavy atom. The predicted octanol–water partition coefficient (Wildman–Crippen LogP) is 5.57. The van der Waals surface area contributed by atoms with E-state index in [-0.39, 0.29) is 0 Å². The van der Waals surface area contributed by atoms with E-state index in [1.165, 1.54) is 107 Å². The molecule has 26 heavy (non-hydrogen) atoms. The van der Waals surface area contributed by atoms with Crippen LogP contribution in [0.5, 0.6) is 0 Å². The van der Waals surface area contributed by atoms with E-state index >= 15 is 0 Å². The zero-order chi connectivity index (χ0) is 20.3. The molecule has 0 bridgehead atoms. The first kappa shape index (κ1) is 28.0. The summed E-state index contributed by atoms with van der Waals surface area (Å²) in [6, 6.07) is 0. The lowest BCUT2D eigenvalue weighted by molar-refractivity contribution is -0.890. The van der Waals surface area contributed by atoms with Gasteiger partial charge >= 0.3 is 0 Å². The van der Waals surface area contributed by atoms with E-state index in [0.29, 0.717) is 0 Å². The van der Waals surface area contributed by atoms with Crippen LogP contribution in [-0.2, 0) is 10.4 Å². The van der Waals surface area contributed by atoms with Crippen molar-refractivity contribution in [3.8, 4) is 0 Å². The van der Waals surface area contributed by atoms with Gasteiger partial charge in [0.25, 0.3) is 0 Å². The zero-order valence-electron chi connectivity index (χ0n) is 17.8. The van der Waals surface area contributed by atoms with Crippen LogP contribution in [-0.4, -0.2) is 49.2 Å². The minimum atomic E-state index is -4.92. The molecule has 0 amide bonds. The van der Waals surface area contributed by atoms with E-state index in [1.54, 1.807) is 0 Å². The quantitative estimate of drug-likeness (QED) is 0.160. The molecule has 6 heteroatoms. The van der Waals surface area contributed by atoms with Crippen molar-refractivity contribution in [2.45, 2.75) is 104 Å². The maximum Gasteiger partial charge on any atom is 0.215 e. The molecule has 1 N–H and O–H groups in total. The second-order valence-corrected chi connectivity index (χ2v) is 8.91. The smallest absolute Gasteiger partial charge is 0.215 e. The number of nitrogens with zero attached hydrogens (tertiary/aromatic N) is 1. The summed E-state index contributed by atoms with van der Waals surface area (Å²) in [4.78, 5) is 0. The molecule has 0 saturated carbocycles.